The Bertz CT molecular complexity index is 524. The average molecular weight is 257 g/mol. The van der Waals surface area contributed by atoms with Gasteiger partial charge in [0.2, 0.25) is 0 Å². The first-order valence-corrected chi connectivity index (χ1v) is 6.98. The third-order valence-corrected chi connectivity index (χ3v) is 3.84. The Kier molecular flexibility index (Phi) is 3.76. The van der Waals surface area contributed by atoms with Crippen molar-refractivity contribution in [2.45, 2.75) is 43.0 Å². The molecule has 2 heteroatoms. The van der Waals surface area contributed by atoms with Crippen LogP contribution in [0.4, 0.5) is 0 Å². The van der Waals surface area contributed by atoms with Gasteiger partial charge in [0.1, 0.15) is 5.03 Å². The third-order valence-electron chi connectivity index (χ3n) is 2.81. The molecule has 18 heavy (non-hydrogen) atoms. The van der Waals surface area contributed by atoms with Crippen molar-refractivity contribution < 1.29 is 0 Å². The number of hydrogen-bond acceptors (Lipinski definition) is 2. The van der Waals surface area contributed by atoms with E-state index in [0.29, 0.717) is 0 Å². The fourth-order valence-corrected chi connectivity index (χ4v) is 2.85. The minimum atomic E-state index is 0.126. The maximum absolute atomic E-state index is 4.53. The topological polar surface area (TPSA) is 12.9 Å². The van der Waals surface area contributed by atoms with Crippen molar-refractivity contribution in [1.29, 1.82) is 0 Å². The SMILES string of the molecule is Cc1ccc(Sc2ncccc2C(C)(C)C)cc1. The number of aromatic nitrogens is 1. The molecule has 0 aliphatic rings. The summed E-state index contributed by atoms with van der Waals surface area (Å²) in [7, 11) is 0. The normalized spacial score (nSPS) is 11.6. The summed E-state index contributed by atoms with van der Waals surface area (Å²) >= 11 is 1.74. The molecule has 1 nitrogen and oxygen atoms in total. The average Bonchev–Trinajstić information content (AvgIpc) is 2.31. The first-order valence-electron chi connectivity index (χ1n) is 6.17. The van der Waals surface area contributed by atoms with E-state index in [1.807, 2.05) is 12.3 Å². The van der Waals surface area contributed by atoms with Gasteiger partial charge in [-0.25, -0.2) is 4.98 Å². The second-order valence-electron chi connectivity index (χ2n) is 5.52. The molecule has 0 unspecified atom stereocenters. The number of aryl methyl sites for hydroxylation is 1. The van der Waals surface area contributed by atoms with Crippen LogP contribution in [0, 0.1) is 6.92 Å². The fraction of sp³-hybridized carbons (Fsp3) is 0.312. The molecule has 2 rings (SSSR count). The summed E-state index contributed by atoms with van der Waals surface area (Å²) in [6.45, 7) is 8.78. The number of pyridine rings is 1. The first kappa shape index (κ1) is 13.2. The summed E-state index contributed by atoms with van der Waals surface area (Å²) in [6, 6.07) is 12.8. The Labute approximate surface area is 114 Å². The second kappa shape index (κ2) is 5.15. The lowest BCUT2D eigenvalue weighted by Gasteiger charge is -2.21. The molecule has 0 saturated heterocycles. The Balaban J connectivity index is 2.32. The van der Waals surface area contributed by atoms with Gasteiger partial charge in [0.25, 0.3) is 0 Å². The molecule has 0 N–H and O–H groups in total. The number of nitrogens with zero attached hydrogens (tertiary/aromatic N) is 1. The summed E-state index contributed by atoms with van der Waals surface area (Å²) in [5.74, 6) is 0. The van der Waals surface area contributed by atoms with Crippen LogP contribution in [0.2, 0.25) is 0 Å². The fourth-order valence-electron chi connectivity index (χ4n) is 1.76. The van der Waals surface area contributed by atoms with Crippen molar-refractivity contribution in [2.75, 3.05) is 0 Å². The Hall–Kier alpha value is -1.28. The molecule has 1 heterocycles. The van der Waals surface area contributed by atoms with Gasteiger partial charge in [-0.2, -0.15) is 0 Å². The molecule has 94 valence electrons. The molecule has 0 saturated carbocycles. The van der Waals surface area contributed by atoms with Crippen LogP contribution < -0.4 is 0 Å². The van der Waals surface area contributed by atoms with Gasteiger partial charge in [-0.1, -0.05) is 56.3 Å². The zero-order chi connectivity index (χ0) is 13.2. The van der Waals surface area contributed by atoms with Crippen LogP contribution in [0.25, 0.3) is 0 Å². The maximum atomic E-state index is 4.53. The number of rotatable bonds is 2. The maximum Gasteiger partial charge on any atom is 0.104 e. The van der Waals surface area contributed by atoms with Crippen molar-refractivity contribution in [3.05, 3.63) is 53.7 Å². The lowest BCUT2D eigenvalue weighted by molar-refractivity contribution is 0.571. The van der Waals surface area contributed by atoms with E-state index in [2.05, 4.69) is 63.0 Å². The van der Waals surface area contributed by atoms with E-state index in [9.17, 15) is 0 Å². The van der Waals surface area contributed by atoms with Gasteiger partial charge in [0.05, 0.1) is 0 Å². The van der Waals surface area contributed by atoms with Gasteiger partial charge in [0, 0.05) is 11.1 Å². The van der Waals surface area contributed by atoms with Gasteiger partial charge in [-0.3, -0.25) is 0 Å². The molecule has 1 aromatic heterocycles. The highest BCUT2D eigenvalue weighted by Crippen LogP contribution is 2.34. The van der Waals surface area contributed by atoms with Gasteiger partial charge in [0.15, 0.2) is 0 Å². The highest BCUT2D eigenvalue weighted by molar-refractivity contribution is 7.99. The van der Waals surface area contributed by atoms with Gasteiger partial charge in [-0.15, -0.1) is 0 Å². The van der Waals surface area contributed by atoms with Gasteiger partial charge >= 0.3 is 0 Å². The number of hydrogen-bond donors (Lipinski definition) is 0. The van der Waals surface area contributed by atoms with Gasteiger partial charge < -0.3 is 0 Å². The van der Waals surface area contributed by atoms with Gasteiger partial charge in [-0.05, 0) is 36.1 Å². The third kappa shape index (κ3) is 3.14. The smallest absolute Gasteiger partial charge is 0.104 e. The summed E-state index contributed by atoms with van der Waals surface area (Å²) in [5, 5.41) is 1.11. The lowest BCUT2D eigenvalue weighted by Crippen LogP contribution is -2.13. The van der Waals surface area contributed by atoms with Crippen LogP contribution in [-0.2, 0) is 5.41 Å². The molecule has 0 spiro atoms. The van der Waals surface area contributed by atoms with E-state index in [4.69, 9.17) is 0 Å². The molecular formula is C16H19NS. The van der Waals surface area contributed by atoms with Crippen molar-refractivity contribution >= 4 is 11.8 Å². The molecule has 0 atom stereocenters. The van der Waals surface area contributed by atoms with Crippen molar-refractivity contribution in [2.24, 2.45) is 0 Å². The van der Waals surface area contributed by atoms with E-state index in [0.717, 1.165) is 5.03 Å². The molecule has 0 bridgehead atoms. The predicted octanol–water partition coefficient (Wildman–Crippen LogP) is 4.84. The summed E-state index contributed by atoms with van der Waals surface area (Å²) in [5.41, 5.74) is 2.72. The largest absolute Gasteiger partial charge is 0.249 e. The van der Waals surface area contributed by atoms with Crippen LogP contribution in [0.3, 0.4) is 0 Å². The summed E-state index contributed by atoms with van der Waals surface area (Å²) in [6.07, 6.45) is 1.87. The van der Waals surface area contributed by atoms with E-state index in [1.54, 1.807) is 11.8 Å². The van der Waals surface area contributed by atoms with Crippen LogP contribution >= 0.6 is 11.8 Å². The molecule has 1 aromatic carbocycles. The quantitative estimate of drug-likeness (QED) is 0.763. The van der Waals surface area contributed by atoms with Crippen LogP contribution in [0.1, 0.15) is 31.9 Å². The predicted molar refractivity (Wildman–Crippen MR) is 78.2 cm³/mol. The highest BCUT2D eigenvalue weighted by Gasteiger charge is 2.18. The van der Waals surface area contributed by atoms with Crippen LogP contribution in [-0.4, -0.2) is 4.98 Å². The standard InChI is InChI=1S/C16H19NS/c1-12-7-9-13(10-8-12)18-15-14(16(2,3)4)6-5-11-17-15/h5-11H,1-4H3. The number of benzene rings is 1. The monoisotopic (exact) mass is 257 g/mol. The zero-order valence-electron chi connectivity index (χ0n) is 11.4. The molecule has 2 aromatic rings. The molecule has 0 amide bonds. The van der Waals surface area contributed by atoms with E-state index in [1.165, 1.54) is 16.0 Å². The Morgan fingerprint density at radius 3 is 2.28 bits per heavy atom. The van der Waals surface area contributed by atoms with Crippen molar-refractivity contribution in [3.8, 4) is 0 Å². The Morgan fingerprint density at radius 2 is 1.67 bits per heavy atom. The van der Waals surface area contributed by atoms with Crippen LogP contribution in [0.15, 0.2) is 52.5 Å². The summed E-state index contributed by atoms with van der Waals surface area (Å²) < 4.78 is 0. The van der Waals surface area contributed by atoms with E-state index >= 15 is 0 Å². The first-order chi connectivity index (χ1) is 8.47. The molecule has 0 fully saturated rings. The van der Waals surface area contributed by atoms with Crippen LogP contribution in [0.5, 0.6) is 0 Å². The highest BCUT2D eigenvalue weighted by atomic mass is 32.2. The lowest BCUT2D eigenvalue weighted by atomic mass is 9.88. The Morgan fingerprint density at radius 1 is 1.00 bits per heavy atom. The van der Waals surface area contributed by atoms with E-state index in [-0.39, 0.29) is 5.41 Å². The van der Waals surface area contributed by atoms with E-state index < -0.39 is 0 Å². The zero-order valence-corrected chi connectivity index (χ0v) is 12.2. The summed E-state index contributed by atoms with van der Waals surface area (Å²) in [4.78, 5) is 5.77. The van der Waals surface area contributed by atoms with Crippen molar-refractivity contribution in [1.82, 2.24) is 4.98 Å². The molecule has 0 aliphatic carbocycles. The molecule has 0 radical (unpaired) electrons. The minimum absolute atomic E-state index is 0.126. The minimum Gasteiger partial charge on any atom is -0.249 e. The molecular weight excluding hydrogens is 238 g/mol. The van der Waals surface area contributed by atoms with Crippen molar-refractivity contribution in [3.63, 3.8) is 0 Å². The molecule has 0 aliphatic heterocycles. The second-order valence-corrected chi connectivity index (χ2v) is 6.58.